The largest absolute Gasteiger partial charge is 0.445 e. The van der Waals surface area contributed by atoms with Crippen LogP contribution in [0.4, 0.5) is 0 Å². The van der Waals surface area contributed by atoms with Crippen molar-refractivity contribution in [2.75, 3.05) is 7.05 Å². The minimum absolute atomic E-state index is 0. The molecule has 4 nitrogen and oxygen atoms in total. The molecule has 0 radical (unpaired) electrons. The van der Waals surface area contributed by atoms with Crippen LogP contribution < -0.4 is 5.32 Å². The number of nitrogens with one attached hydrogen (secondary N) is 2. The fraction of sp³-hybridized carbons (Fsp3) is 0.312. The van der Waals surface area contributed by atoms with Gasteiger partial charge in [-0.1, -0.05) is 12.1 Å². The lowest BCUT2D eigenvalue weighted by atomic mass is 9.76. The molecule has 0 amide bonds. The number of aromatic nitrogens is 1. The molecular formula is C16H17ClN2O2. The quantitative estimate of drug-likeness (QED) is 0.796. The second-order valence-corrected chi connectivity index (χ2v) is 5.60. The van der Waals surface area contributed by atoms with Gasteiger partial charge in [0, 0.05) is 28.2 Å². The van der Waals surface area contributed by atoms with Gasteiger partial charge in [-0.2, -0.15) is 0 Å². The molecule has 0 fully saturated rings. The van der Waals surface area contributed by atoms with E-state index in [1.807, 2.05) is 26.1 Å². The normalized spacial score (nSPS) is 26.7. The smallest absolute Gasteiger partial charge is 0.334 e. The van der Waals surface area contributed by atoms with Crippen LogP contribution >= 0.6 is 12.4 Å². The summed E-state index contributed by atoms with van der Waals surface area (Å²) in [6.07, 6.45) is 4.87. The van der Waals surface area contributed by atoms with Crippen LogP contribution in [0.1, 0.15) is 18.1 Å². The van der Waals surface area contributed by atoms with Gasteiger partial charge in [0.15, 0.2) is 5.60 Å². The highest BCUT2D eigenvalue weighted by Crippen LogP contribution is 2.46. The molecule has 2 aromatic rings. The van der Waals surface area contributed by atoms with Gasteiger partial charge in [-0.15, -0.1) is 12.4 Å². The fourth-order valence-corrected chi connectivity index (χ4v) is 3.57. The Kier molecular flexibility index (Phi) is 3.11. The summed E-state index contributed by atoms with van der Waals surface area (Å²) in [7, 11) is 1.92. The van der Waals surface area contributed by atoms with E-state index in [0.717, 1.165) is 17.5 Å². The van der Waals surface area contributed by atoms with Crippen molar-refractivity contribution in [2.24, 2.45) is 0 Å². The number of fused-ring (bicyclic) bond motifs is 1. The van der Waals surface area contributed by atoms with Crippen LogP contribution in [0.15, 0.2) is 36.0 Å². The first kappa shape index (κ1) is 14.2. The third-order valence-electron chi connectivity index (χ3n) is 4.51. The molecule has 21 heavy (non-hydrogen) atoms. The molecule has 1 aliphatic carbocycles. The zero-order chi connectivity index (χ0) is 13.9. The average molecular weight is 305 g/mol. The second kappa shape index (κ2) is 4.61. The van der Waals surface area contributed by atoms with E-state index in [1.165, 1.54) is 10.9 Å². The lowest BCUT2D eigenvalue weighted by molar-refractivity contribution is -0.149. The zero-order valence-electron chi connectivity index (χ0n) is 11.9. The van der Waals surface area contributed by atoms with Gasteiger partial charge in [-0.25, -0.2) is 4.79 Å². The summed E-state index contributed by atoms with van der Waals surface area (Å²) in [5, 5.41) is 4.51. The van der Waals surface area contributed by atoms with Crippen LogP contribution in [0.25, 0.3) is 10.9 Å². The molecule has 4 rings (SSSR count). The van der Waals surface area contributed by atoms with Crippen molar-refractivity contribution < 1.29 is 9.53 Å². The summed E-state index contributed by atoms with van der Waals surface area (Å²) < 4.78 is 5.81. The number of likely N-dealkylation sites (N-methyl/N-ethyl adjacent to an activating group) is 1. The number of ether oxygens (including phenoxy) is 1. The number of hydrogen-bond acceptors (Lipinski definition) is 3. The minimum atomic E-state index is -0.676. The highest BCUT2D eigenvalue weighted by atomic mass is 35.5. The molecule has 1 aromatic carbocycles. The fourth-order valence-electron chi connectivity index (χ4n) is 3.57. The van der Waals surface area contributed by atoms with Crippen LogP contribution in [-0.2, 0) is 21.6 Å². The van der Waals surface area contributed by atoms with Crippen molar-refractivity contribution in [3.63, 3.8) is 0 Å². The molecule has 2 aliphatic rings. The second-order valence-electron chi connectivity index (χ2n) is 5.60. The molecule has 2 heterocycles. The topological polar surface area (TPSA) is 54.1 Å². The van der Waals surface area contributed by atoms with E-state index in [9.17, 15) is 4.79 Å². The van der Waals surface area contributed by atoms with E-state index in [1.54, 1.807) is 0 Å². The monoisotopic (exact) mass is 304 g/mol. The number of halogens is 1. The number of esters is 1. The lowest BCUT2D eigenvalue weighted by Crippen LogP contribution is -2.50. The molecular weight excluding hydrogens is 288 g/mol. The predicted molar refractivity (Wildman–Crippen MR) is 83.6 cm³/mol. The van der Waals surface area contributed by atoms with E-state index in [0.29, 0.717) is 5.57 Å². The Labute approximate surface area is 129 Å². The van der Waals surface area contributed by atoms with Crippen molar-refractivity contribution >= 4 is 29.3 Å². The number of aromatic amines is 1. The van der Waals surface area contributed by atoms with Crippen LogP contribution in [0.2, 0.25) is 0 Å². The molecule has 0 bridgehead atoms. The maximum absolute atomic E-state index is 12.0. The summed E-state index contributed by atoms with van der Waals surface area (Å²) in [5.74, 6) is -0.221. The van der Waals surface area contributed by atoms with Gasteiger partial charge in [-0.05, 0) is 38.1 Å². The number of H-pyrrole nitrogens is 1. The van der Waals surface area contributed by atoms with Gasteiger partial charge in [0.25, 0.3) is 0 Å². The Hall–Kier alpha value is -1.78. The summed E-state index contributed by atoms with van der Waals surface area (Å²) in [5.41, 5.74) is 3.45. The number of rotatable bonds is 1. The molecule has 2 atom stereocenters. The van der Waals surface area contributed by atoms with Crippen molar-refractivity contribution in [1.29, 1.82) is 0 Å². The molecule has 0 saturated carbocycles. The van der Waals surface area contributed by atoms with Crippen molar-refractivity contribution in [1.82, 2.24) is 10.3 Å². The highest BCUT2D eigenvalue weighted by Gasteiger charge is 2.50. The molecule has 110 valence electrons. The molecule has 0 unspecified atom stereocenters. The molecule has 1 aliphatic heterocycles. The highest BCUT2D eigenvalue weighted by molar-refractivity contribution is 5.95. The lowest BCUT2D eigenvalue weighted by Gasteiger charge is -2.39. The number of carbonyl (C=O) groups excluding carboxylic acids is 1. The average Bonchev–Trinajstić information content (AvgIpc) is 2.98. The van der Waals surface area contributed by atoms with Crippen LogP contribution in [-0.4, -0.2) is 24.0 Å². The van der Waals surface area contributed by atoms with Crippen LogP contribution in [0.3, 0.4) is 0 Å². The molecule has 2 N–H and O–H groups in total. The third-order valence-corrected chi connectivity index (χ3v) is 4.51. The van der Waals surface area contributed by atoms with E-state index in [4.69, 9.17) is 4.74 Å². The molecule has 0 saturated heterocycles. The molecule has 1 aromatic heterocycles. The van der Waals surface area contributed by atoms with Crippen molar-refractivity contribution in [2.45, 2.75) is 25.0 Å². The summed E-state index contributed by atoms with van der Waals surface area (Å²) in [4.78, 5) is 15.3. The maximum Gasteiger partial charge on any atom is 0.334 e. The van der Waals surface area contributed by atoms with Crippen molar-refractivity contribution in [3.8, 4) is 0 Å². The van der Waals surface area contributed by atoms with Gasteiger partial charge in [0.1, 0.15) is 0 Å². The summed E-state index contributed by atoms with van der Waals surface area (Å²) in [6, 6.07) is 6.18. The first-order valence-electron chi connectivity index (χ1n) is 6.85. The van der Waals surface area contributed by atoms with E-state index < -0.39 is 5.60 Å². The molecule has 1 spiro atoms. The van der Waals surface area contributed by atoms with Gasteiger partial charge >= 0.3 is 5.97 Å². The first-order valence-corrected chi connectivity index (χ1v) is 6.85. The Bertz CT molecular complexity index is 765. The summed E-state index contributed by atoms with van der Waals surface area (Å²) in [6.45, 7) is 1.82. The van der Waals surface area contributed by atoms with Gasteiger partial charge in [0.2, 0.25) is 0 Å². The Morgan fingerprint density at radius 1 is 1.43 bits per heavy atom. The Morgan fingerprint density at radius 3 is 2.90 bits per heavy atom. The Morgan fingerprint density at radius 2 is 2.24 bits per heavy atom. The maximum atomic E-state index is 12.0. The van der Waals surface area contributed by atoms with Gasteiger partial charge < -0.3 is 15.0 Å². The number of carbonyl (C=O) groups is 1. The van der Waals surface area contributed by atoms with Gasteiger partial charge in [-0.3, -0.25) is 0 Å². The number of benzene rings is 1. The zero-order valence-corrected chi connectivity index (χ0v) is 12.7. The Balaban J connectivity index is 0.00000132. The standard InChI is InChI=1S/C16H16N2O2.ClH/c1-9-7-16(20-15(9)19)11-4-3-5-12-14(11)10(8-18-12)6-13(16)17-2;/h3-5,7-8,13,17-18H,6H2,1-2H3;1H/t13-,16+;/m0./s1. The SMILES string of the molecule is CN[C@H]1Cc2c[nH]c3cccc(c23)[C@]12C=C(C)C(=O)O2.Cl. The number of hydrogen-bond donors (Lipinski definition) is 2. The minimum Gasteiger partial charge on any atom is -0.445 e. The van der Waals surface area contributed by atoms with E-state index in [-0.39, 0.29) is 24.4 Å². The summed E-state index contributed by atoms with van der Waals surface area (Å²) >= 11 is 0. The van der Waals surface area contributed by atoms with E-state index in [2.05, 4.69) is 28.6 Å². The van der Waals surface area contributed by atoms with Gasteiger partial charge in [0.05, 0.1) is 6.04 Å². The predicted octanol–water partition coefficient (Wildman–Crippen LogP) is 2.43. The first-order chi connectivity index (χ1) is 9.65. The van der Waals surface area contributed by atoms with Crippen molar-refractivity contribution in [3.05, 3.63) is 47.2 Å². The van der Waals surface area contributed by atoms with Crippen LogP contribution in [0.5, 0.6) is 0 Å². The molecule has 5 heteroatoms. The van der Waals surface area contributed by atoms with Crippen LogP contribution in [0, 0.1) is 0 Å². The third kappa shape index (κ3) is 1.69. The van der Waals surface area contributed by atoms with E-state index >= 15 is 0 Å².